The molecular formula is C14H24N2O4S. The highest BCUT2D eigenvalue weighted by molar-refractivity contribution is 7.88. The molecule has 0 bridgehead atoms. The van der Waals surface area contributed by atoms with E-state index < -0.39 is 10.0 Å². The highest BCUT2D eigenvalue weighted by Gasteiger charge is 2.26. The Hall–Kier alpha value is -0.890. The number of sulfonamides is 1. The molecule has 120 valence electrons. The summed E-state index contributed by atoms with van der Waals surface area (Å²) in [4.78, 5) is 0. The molecule has 2 atom stereocenters. The largest absolute Gasteiger partial charge is 0.468 e. The molecule has 0 radical (unpaired) electrons. The van der Waals surface area contributed by atoms with E-state index in [0.29, 0.717) is 25.6 Å². The summed E-state index contributed by atoms with van der Waals surface area (Å²) in [6, 6.07) is 3.77. The molecule has 0 aromatic carbocycles. The van der Waals surface area contributed by atoms with E-state index in [9.17, 15) is 8.42 Å². The first-order valence-electron chi connectivity index (χ1n) is 7.21. The molecule has 1 N–H and O–H groups in total. The Morgan fingerprint density at radius 2 is 2.38 bits per heavy atom. The van der Waals surface area contributed by atoms with Crippen molar-refractivity contribution < 1.29 is 17.6 Å². The van der Waals surface area contributed by atoms with E-state index >= 15 is 0 Å². The Morgan fingerprint density at radius 1 is 1.57 bits per heavy atom. The van der Waals surface area contributed by atoms with Crippen molar-refractivity contribution in [3.05, 3.63) is 24.2 Å². The monoisotopic (exact) mass is 316 g/mol. The number of rotatable bonds is 7. The maximum atomic E-state index is 11.6. The minimum absolute atomic E-state index is 0.00129. The van der Waals surface area contributed by atoms with Crippen LogP contribution in [0.5, 0.6) is 0 Å². The third kappa shape index (κ3) is 4.81. The SMILES string of the molecule is COCC(NCC1CCCN(S(C)(=O)=O)C1)c1ccco1. The van der Waals surface area contributed by atoms with Crippen LogP contribution >= 0.6 is 0 Å². The molecule has 2 rings (SSSR count). The van der Waals surface area contributed by atoms with E-state index in [1.54, 1.807) is 17.7 Å². The van der Waals surface area contributed by atoms with Gasteiger partial charge in [0.25, 0.3) is 0 Å². The van der Waals surface area contributed by atoms with Gasteiger partial charge >= 0.3 is 0 Å². The summed E-state index contributed by atoms with van der Waals surface area (Å²) in [6.45, 7) is 2.50. The molecule has 1 aromatic heterocycles. The van der Waals surface area contributed by atoms with Gasteiger partial charge in [-0.25, -0.2) is 12.7 Å². The molecule has 0 amide bonds. The molecule has 0 spiro atoms. The molecule has 1 aliphatic heterocycles. The summed E-state index contributed by atoms with van der Waals surface area (Å²) in [7, 11) is -1.43. The molecule has 7 heteroatoms. The van der Waals surface area contributed by atoms with E-state index in [2.05, 4.69) is 5.32 Å². The van der Waals surface area contributed by atoms with E-state index in [-0.39, 0.29) is 6.04 Å². The molecule has 21 heavy (non-hydrogen) atoms. The zero-order valence-electron chi connectivity index (χ0n) is 12.6. The third-order valence-electron chi connectivity index (χ3n) is 3.82. The molecular weight excluding hydrogens is 292 g/mol. The third-order valence-corrected chi connectivity index (χ3v) is 5.09. The van der Waals surface area contributed by atoms with Crippen molar-refractivity contribution in [2.75, 3.05) is 39.6 Å². The maximum absolute atomic E-state index is 11.6. The summed E-state index contributed by atoms with van der Waals surface area (Å²) in [6.07, 6.45) is 4.87. The van der Waals surface area contributed by atoms with Gasteiger partial charge in [-0.3, -0.25) is 0 Å². The number of hydrogen-bond donors (Lipinski definition) is 1. The average Bonchev–Trinajstić information content (AvgIpc) is 2.97. The van der Waals surface area contributed by atoms with Gasteiger partial charge in [0.1, 0.15) is 5.76 Å². The fourth-order valence-electron chi connectivity index (χ4n) is 2.70. The summed E-state index contributed by atoms with van der Waals surface area (Å²) in [5, 5.41) is 3.42. The molecule has 0 saturated carbocycles. The molecule has 1 aromatic rings. The van der Waals surface area contributed by atoms with E-state index in [1.165, 1.54) is 6.26 Å². The zero-order chi connectivity index (χ0) is 15.3. The first kappa shape index (κ1) is 16.5. The van der Waals surface area contributed by atoms with Crippen molar-refractivity contribution in [2.24, 2.45) is 5.92 Å². The van der Waals surface area contributed by atoms with Gasteiger partial charge in [-0.05, 0) is 37.4 Å². The molecule has 2 unspecified atom stereocenters. The predicted molar refractivity (Wildman–Crippen MR) is 80.5 cm³/mol. The van der Waals surface area contributed by atoms with Crippen LogP contribution in [0.1, 0.15) is 24.6 Å². The highest BCUT2D eigenvalue weighted by atomic mass is 32.2. The second-order valence-corrected chi connectivity index (χ2v) is 7.54. The van der Waals surface area contributed by atoms with Gasteiger partial charge in [-0.15, -0.1) is 0 Å². The minimum Gasteiger partial charge on any atom is -0.468 e. The van der Waals surface area contributed by atoms with Crippen LogP contribution in [-0.2, 0) is 14.8 Å². The highest BCUT2D eigenvalue weighted by Crippen LogP contribution is 2.20. The maximum Gasteiger partial charge on any atom is 0.211 e. The number of piperidine rings is 1. The van der Waals surface area contributed by atoms with Crippen molar-refractivity contribution in [3.8, 4) is 0 Å². The van der Waals surface area contributed by atoms with Crippen molar-refractivity contribution >= 4 is 10.0 Å². The number of methoxy groups -OCH3 is 1. The second-order valence-electron chi connectivity index (χ2n) is 5.56. The lowest BCUT2D eigenvalue weighted by Gasteiger charge is -2.31. The summed E-state index contributed by atoms with van der Waals surface area (Å²) < 4.78 is 35.5. The van der Waals surface area contributed by atoms with Crippen LogP contribution in [0.15, 0.2) is 22.8 Å². The van der Waals surface area contributed by atoms with Crippen LogP contribution in [0.2, 0.25) is 0 Å². The summed E-state index contributed by atoms with van der Waals surface area (Å²) in [5.41, 5.74) is 0. The zero-order valence-corrected chi connectivity index (χ0v) is 13.4. The number of furan rings is 1. The molecule has 6 nitrogen and oxygen atoms in total. The average molecular weight is 316 g/mol. The van der Waals surface area contributed by atoms with Crippen LogP contribution < -0.4 is 5.32 Å². The summed E-state index contributed by atoms with van der Waals surface area (Å²) >= 11 is 0. The molecule has 1 aliphatic rings. The van der Waals surface area contributed by atoms with Crippen molar-refractivity contribution in [1.29, 1.82) is 0 Å². The number of ether oxygens (including phenoxy) is 1. The Morgan fingerprint density at radius 3 is 3.00 bits per heavy atom. The number of nitrogens with one attached hydrogen (secondary N) is 1. The van der Waals surface area contributed by atoms with Gasteiger partial charge in [-0.1, -0.05) is 0 Å². The van der Waals surface area contributed by atoms with Crippen molar-refractivity contribution in [2.45, 2.75) is 18.9 Å². The minimum atomic E-state index is -3.09. The van der Waals surface area contributed by atoms with Crippen LogP contribution in [0, 0.1) is 5.92 Å². The van der Waals surface area contributed by atoms with Gasteiger partial charge in [-0.2, -0.15) is 0 Å². The lowest BCUT2D eigenvalue weighted by atomic mass is 9.99. The Balaban J connectivity index is 1.89. The molecule has 2 heterocycles. The van der Waals surface area contributed by atoms with E-state index in [4.69, 9.17) is 9.15 Å². The van der Waals surface area contributed by atoms with Crippen LogP contribution in [0.3, 0.4) is 0 Å². The predicted octanol–water partition coefficient (Wildman–Crippen LogP) is 1.23. The number of nitrogens with zero attached hydrogens (tertiary/aromatic N) is 1. The quantitative estimate of drug-likeness (QED) is 0.819. The smallest absolute Gasteiger partial charge is 0.211 e. The van der Waals surface area contributed by atoms with E-state index in [0.717, 1.165) is 25.1 Å². The number of hydrogen-bond acceptors (Lipinski definition) is 5. The molecule has 0 aliphatic carbocycles. The standard InChI is InChI=1S/C14H24N2O4S/c1-19-11-13(14-6-4-8-20-14)15-9-12-5-3-7-16(10-12)21(2,17)18/h4,6,8,12-13,15H,3,5,7,9-11H2,1-2H3. The van der Waals surface area contributed by atoms with E-state index in [1.807, 2.05) is 12.1 Å². The van der Waals surface area contributed by atoms with Crippen LogP contribution in [0.25, 0.3) is 0 Å². The second kappa shape index (κ2) is 7.40. The normalized spacial score (nSPS) is 22.3. The topological polar surface area (TPSA) is 71.8 Å². The lowest BCUT2D eigenvalue weighted by molar-refractivity contribution is 0.150. The van der Waals surface area contributed by atoms with Gasteiger partial charge in [0.15, 0.2) is 0 Å². The van der Waals surface area contributed by atoms with Crippen LogP contribution in [0.4, 0.5) is 0 Å². The fraction of sp³-hybridized carbons (Fsp3) is 0.714. The fourth-order valence-corrected chi connectivity index (χ4v) is 3.64. The van der Waals surface area contributed by atoms with Gasteiger partial charge in [0.2, 0.25) is 10.0 Å². The van der Waals surface area contributed by atoms with Gasteiger partial charge < -0.3 is 14.5 Å². The van der Waals surface area contributed by atoms with Gasteiger partial charge in [0.05, 0.1) is 25.2 Å². The molecule has 1 fully saturated rings. The van der Waals surface area contributed by atoms with Crippen molar-refractivity contribution in [1.82, 2.24) is 9.62 Å². The Kier molecular flexibility index (Phi) is 5.80. The van der Waals surface area contributed by atoms with Gasteiger partial charge in [0, 0.05) is 20.2 Å². The first-order valence-corrected chi connectivity index (χ1v) is 9.06. The molecule has 1 saturated heterocycles. The first-order chi connectivity index (χ1) is 10.0. The van der Waals surface area contributed by atoms with Crippen molar-refractivity contribution in [3.63, 3.8) is 0 Å². The Bertz CT molecular complexity index is 515. The lowest BCUT2D eigenvalue weighted by Crippen LogP contribution is -2.43. The Labute approximate surface area is 126 Å². The summed E-state index contributed by atoms with van der Waals surface area (Å²) in [5.74, 6) is 1.16. The van der Waals surface area contributed by atoms with Crippen LogP contribution in [-0.4, -0.2) is 52.3 Å².